The standard InChI is InChI=1S/4C3H6O4.Fe.Ni/c4*4-1-2(5)3(6)7;;/h4*2,4-5H,1H2,(H,6,7);;. The smallest absolute Gasteiger partial charge is 0.334 e. The van der Waals surface area contributed by atoms with Gasteiger partial charge in [-0.15, -0.1) is 0 Å². The summed E-state index contributed by atoms with van der Waals surface area (Å²) in [6.45, 7) is -2.91. The Hall–Kier alpha value is -1.43. The van der Waals surface area contributed by atoms with E-state index in [0.717, 1.165) is 0 Å². The normalized spacial score (nSPS) is 12.5. The van der Waals surface area contributed by atoms with Crippen LogP contribution in [0.25, 0.3) is 0 Å². The van der Waals surface area contributed by atoms with Crippen molar-refractivity contribution in [2.45, 2.75) is 24.4 Å². The molecular weight excluding hydrogens is 515 g/mol. The number of rotatable bonds is 8. The monoisotopic (exact) mass is 538 g/mol. The Labute approximate surface area is 189 Å². The molecule has 0 saturated carbocycles. The van der Waals surface area contributed by atoms with Crippen LogP contribution < -0.4 is 0 Å². The molecule has 0 aromatic heterocycles. The zero-order valence-electron chi connectivity index (χ0n) is 14.8. The van der Waals surface area contributed by atoms with E-state index >= 15 is 0 Å². The van der Waals surface area contributed by atoms with E-state index in [0.29, 0.717) is 0 Å². The van der Waals surface area contributed by atoms with Crippen LogP contribution in [0.2, 0.25) is 0 Å². The number of aliphatic hydroxyl groups excluding tert-OH is 8. The van der Waals surface area contributed by atoms with Crippen molar-refractivity contribution in [2.75, 3.05) is 26.4 Å². The minimum atomic E-state index is -1.63. The van der Waals surface area contributed by atoms with Gasteiger partial charge in [0, 0.05) is 33.6 Å². The molecule has 0 heterocycles. The van der Waals surface area contributed by atoms with E-state index in [4.69, 9.17) is 61.3 Å². The largest absolute Gasteiger partial charge is 0.479 e. The van der Waals surface area contributed by atoms with Gasteiger partial charge >= 0.3 is 23.9 Å². The summed E-state index contributed by atoms with van der Waals surface area (Å²) in [5.74, 6) is -5.60. The third-order valence-electron chi connectivity index (χ3n) is 1.83. The van der Waals surface area contributed by atoms with Crippen molar-refractivity contribution < 1.29 is 114 Å². The third-order valence-corrected chi connectivity index (χ3v) is 1.83. The summed E-state index contributed by atoms with van der Waals surface area (Å²) >= 11 is 0. The van der Waals surface area contributed by atoms with Crippen LogP contribution in [0.15, 0.2) is 0 Å². The van der Waals surface area contributed by atoms with Crippen molar-refractivity contribution in [3.8, 4) is 0 Å². The van der Waals surface area contributed by atoms with Gasteiger partial charge in [-0.1, -0.05) is 0 Å². The summed E-state index contributed by atoms with van der Waals surface area (Å²) in [5, 5.41) is 94.9. The van der Waals surface area contributed by atoms with E-state index in [1.807, 2.05) is 0 Å². The predicted octanol–water partition coefficient (Wildman–Crippen LogP) is -6.31. The number of hydrogen-bond acceptors (Lipinski definition) is 12. The number of carboxylic acid groups (broad SMARTS) is 4. The summed E-state index contributed by atoms with van der Waals surface area (Å²) in [6, 6.07) is 0. The molecule has 0 aromatic carbocycles. The van der Waals surface area contributed by atoms with Gasteiger partial charge in [0.05, 0.1) is 26.4 Å². The van der Waals surface area contributed by atoms with Gasteiger partial charge in [0.1, 0.15) is 0 Å². The number of hydrogen-bond donors (Lipinski definition) is 12. The Morgan fingerprint density at radius 3 is 0.567 bits per heavy atom. The number of aliphatic carboxylic acids is 4. The van der Waals surface area contributed by atoms with E-state index in [1.54, 1.807) is 0 Å². The van der Waals surface area contributed by atoms with Crippen molar-refractivity contribution in [3.63, 3.8) is 0 Å². The zero-order chi connectivity index (χ0) is 23.4. The quantitative estimate of drug-likeness (QED) is 0.128. The second kappa shape index (κ2) is 27.6. The summed E-state index contributed by atoms with van der Waals surface area (Å²) in [5.41, 5.74) is 0. The van der Waals surface area contributed by atoms with Crippen molar-refractivity contribution >= 4 is 23.9 Å². The van der Waals surface area contributed by atoms with Gasteiger partial charge in [0.25, 0.3) is 0 Å². The van der Waals surface area contributed by atoms with Crippen LogP contribution in [0.3, 0.4) is 0 Å². The first-order valence-electron chi connectivity index (χ1n) is 6.80. The summed E-state index contributed by atoms with van der Waals surface area (Å²) in [7, 11) is 0. The molecule has 0 fully saturated rings. The maximum absolute atomic E-state index is 9.52. The summed E-state index contributed by atoms with van der Waals surface area (Å²) in [4.78, 5) is 38.1. The Balaban J connectivity index is -0.0000000626. The van der Waals surface area contributed by atoms with E-state index in [2.05, 4.69) is 0 Å². The molecule has 0 saturated heterocycles. The molecule has 0 spiro atoms. The Morgan fingerprint density at radius 2 is 0.567 bits per heavy atom. The predicted molar refractivity (Wildman–Crippen MR) is 82.9 cm³/mol. The van der Waals surface area contributed by atoms with Crippen LogP contribution in [0.4, 0.5) is 0 Å². The van der Waals surface area contributed by atoms with Crippen LogP contribution in [0, 0.1) is 0 Å². The molecule has 18 heteroatoms. The molecule has 0 aliphatic rings. The van der Waals surface area contributed by atoms with Crippen LogP contribution in [-0.4, -0.2) is 136 Å². The summed E-state index contributed by atoms with van der Waals surface area (Å²) < 4.78 is 0. The fourth-order valence-corrected chi connectivity index (χ4v) is 0.312. The molecule has 4 atom stereocenters. The van der Waals surface area contributed by atoms with Crippen LogP contribution in [0.5, 0.6) is 0 Å². The van der Waals surface area contributed by atoms with Crippen molar-refractivity contribution in [2.24, 2.45) is 0 Å². The second-order valence-corrected chi connectivity index (χ2v) is 4.15. The van der Waals surface area contributed by atoms with Gasteiger partial charge in [0.15, 0.2) is 24.4 Å². The third kappa shape index (κ3) is 34.1. The zero-order valence-corrected chi connectivity index (χ0v) is 16.9. The van der Waals surface area contributed by atoms with Crippen LogP contribution in [0.1, 0.15) is 0 Å². The Kier molecular flexibility index (Phi) is 39.2. The van der Waals surface area contributed by atoms with E-state index < -0.39 is 74.7 Å². The van der Waals surface area contributed by atoms with Crippen LogP contribution in [-0.2, 0) is 52.7 Å². The first-order chi connectivity index (χ1) is 12.7. The van der Waals surface area contributed by atoms with E-state index in [1.165, 1.54) is 0 Å². The van der Waals surface area contributed by atoms with E-state index in [9.17, 15) is 19.2 Å². The number of carbonyl (C=O) groups is 4. The average molecular weight is 539 g/mol. The summed E-state index contributed by atoms with van der Waals surface area (Å²) in [6.07, 6.45) is -6.50. The van der Waals surface area contributed by atoms with Gasteiger partial charge < -0.3 is 61.3 Å². The minimum absolute atomic E-state index is 0. The molecule has 4 unspecified atom stereocenters. The van der Waals surface area contributed by atoms with Crippen LogP contribution >= 0.6 is 0 Å². The van der Waals surface area contributed by atoms with Crippen molar-refractivity contribution in [1.82, 2.24) is 0 Å². The molecule has 0 rings (SSSR count). The molecule has 16 nitrogen and oxygen atoms in total. The van der Waals surface area contributed by atoms with Gasteiger partial charge in [-0.05, 0) is 0 Å². The molecule has 0 aliphatic heterocycles. The minimum Gasteiger partial charge on any atom is -0.479 e. The number of aliphatic hydroxyl groups is 8. The van der Waals surface area contributed by atoms with Gasteiger partial charge in [-0.2, -0.15) is 0 Å². The SMILES string of the molecule is O=C(O)C(O)CO.O=C(O)C(O)CO.O=C(O)C(O)CO.O=C(O)C(O)CO.[Fe].[Ni]. The maximum Gasteiger partial charge on any atom is 0.334 e. The molecule has 0 aliphatic carbocycles. The molecule has 30 heavy (non-hydrogen) atoms. The van der Waals surface area contributed by atoms with Crippen molar-refractivity contribution in [1.29, 1.82) is 0 Å². The molecular formula is C12H24FeNiO16. The Bertz CT molecular complexity index is 370. The molecule has 0 radical (unpaired) electrons. The topological polar surface area (TPSA) is 311 Å². The van der Waals surface area contributed by atoms with Gasteiger partial charge in [-0.25, -0.2) is 19.2 Å². The number of carboxylic acids is 4. The van der Waals surface area contributed by atoms with Crippen molar-refractivity contribution in [3.05, 3.63) is 0 Å². The molecule has 0 bridgehead atoms. The Morgan fingerprint density at radius 1 is 0.467 bits per heavy atom. The van der Waals surface area contributed by atoms with Gasteiger partial charge in [-0.3, -0.25) is 0 Å². The second-order valence-electron chi connectivity index (χ2n) is 4.15. The molecule has 186 valence electrons. The fourth-order valence-electron chi connectivity index (χ4n) is 0.312. The van der Waals surface area contributed by atoms with Gasteiger partial charge in [0.2, 0.25) is 0 Å². The molecule has 0 aromatic rings. The first kappa shape index (κ1) is 42.6. The fraction of sp³-hybridized carbons (Fsp3) is 0.667. The molecule has 12 N–H and O–H groups in total. The molecule has 0 amide bonds. The van der Waals surface area contributed by atoms with E-state index in [-0.39, 0.29) is 33.6 Å². The maximum atomic E-state index is 9.52. The average Bonchev–Trinajstić information content (AvgIpc) is 2.66. The first-order valence-corrected chi connectivity index (χ1v) is 6.80.